The zero-order chi connectivity index (χ0) is 15.7. The molecule has 2 aromatic rings. The van der Waals surface area contributed by atoms with Gasteiger partial charge in [0, 0.05) is 32.3 Å². The Morgan fingerprint density at radius 3 is 2.59 bits per heavy atom. The highest BCUT2D eigenvalue weighted by molar-refractivity contribution is 7.89. The first-order valence-corrected chi connectivity index (χ1v) is 8.63. The summed E-state index contributed by atoms with van der Waals surface area (Å²) in [7, 11) is -1.91. The van der Waals surface area contributed by atoms with E-state index < -0.39 is 16.1 Å². The molecule has 1 aliphatic heterocycles. The van der Waals surface area contributed by atoms with Crippen LogP contribution in [0.15, 0.2) is 47.9 Å². The maximum absolute atomic E-state index is 12.5. The molecule has 7 heteroatoms. The molecule has 0 spiro atoms. The summed E-state index contributed by atoms with van der Waals surface area (Å²) in [6.45, 7) is 0.480. The van der Waals surface area contributed by atoms with Crippen LogP contribution in [0.3, 0.4) is 0 Å². The van der Waals surface area contributed by atoms with Crippen LogP contribution < -0.4 is 0 Å². The van der Waals surface area contributed by atoms with E-state index in [-0.39, 0.29) is 17.5 Å². The lowest BCUT2D eigenvalue weighted by Gasteiger charge is -2.35. The van der Waals surface area contributed by atoms with Gasteiger partial charge in [-0.05, 0) is 12.0 Å². The molecular weight excluding hydrogens is 302 g/mol. The van der Waals surface area contributed by atoms with Gasteiger partial charge in [0.05, 0.1) is 12.4 Å². The Morgan fingerprint density at radius 1 is 1.27 bits per heavy atom. The van der Waals surface area contributed by atoms with Crippen molar-refractivity contribution < 1.29 is 13.5 Å². The molecule has 1 fully saturated rings. The van der Waals surface area contributed by atoms with Crippen molar-refractivity contribution in [2.45, 2.75) is 23.5 Å². The van der Waals surface area contributed by atoms with Crippen LogP contribution in [0.1, 0.15) is 17.9 Å². The van der Waals surface area contributed by atoms with E-state index >= 15 is 0 Å². The highest BCUT2D eigenvalue weighted by Crippen LogP contribution is 2.30. The summed E-state index contributed by atoms with van der Waals surface area (Å²) in [5.41, 5.74) is 1.05. The van der Waals surface area contributed by atoms with Gasteiger partial charge in [0.25, 0.3) is 10.0 Å². The Bertz CT molecular complexity index is 742. The standard InChI is InChI=1S/C15H19N3O3S/c1-17-10-15(16-11-17)22(20,21)18-8-7-13(14(19)9-18)12-5-3-2-4-6-12/h2-6,10-11,13-14,19H,7-9H2,1H3/t13-,14+/m0/s1. The van der Waals surface area contributed by atoms with E-state index in [0.717, 1.165) is 5.56 Å². The van der Waals surface area contributed by atoms with Crippen LogP contribution in [0.5, 0.6) is 0 Å². The third kappa shape index (κ3) is 2.79. The molecule has 1 saturated heterocycles. The minimum atomic E-state index is -3.64. The topological polar surface area (TPSA) is 75.4 Å². The van der Waals surface area contributed by atoms with Gasteiger partial charge in [-0.1, -0.05) is 30.3 Å². The maximum atomic E-state index is 12.5. The van der Waals surface area contributed by atoms with Gasteiger partial charge < -0.3 is 9.67 Å². The minimum absolute atomic E-state index is 0.0281. The third-order valence-electron chi connectivity index (χ3n) is 4.06. The molecule has 1 N–H and O–H groups in total. The van der Waals surface area contributed by atoms with Gasteiger partial charge in [0.15, 0.2) is 5.03 Å². The van der Waals surface area contributed by atoms with Crippen molar-refractivity contribution in [1.29, 1.82) is 0 Å². The fraction of sp³-hybridized carbons (Fsp3) is 0.400. The zero-order valence-electron chi connectivity index (χ0n) is 12.3. The number of imidazole rings is 1. The number of aromatic nitrogens is 2. The lowest BCUT2D eigenvalue weighted by Crippen LogP contribution is -2.45. The van der Waals surface area contributed by atoms with E-state index in [1.807, 2.05) is 30.3 Å². The first kappa shape index (κ1) is 15.2. The normalized spacial score (nSPS) is 23.5. The summed E-state index contributed by atoms with van der Waals surface area (Å²) in [5, 5.41) is 10.4. The molecule has 118 valence electrons. The van der Waals surface area contributed by atoms with Gasteiger partial charge in [-0.25, -0.2) is 13.4 Å². The lowest BCUT2D eigenvalue weighted by atomic mass is 9.88. The Balaban J connectivity index is 1.78. The first-order chi connectivity index (χ1) is 10.5. The summed E-state index contributed by atoms with van der Waals surface area (Å²) >= 11 is 0. The lowest BCUT2D eigenvalue weighted by molar-refractivity contribution is 0.0853. The molecule has 0 unspecified atom stereocenters. The Morgan fingerprint density at radius 2 is 2.00 bits per heavy atom. The average Bonchev–Trinajstić information content (AvgIpc) is 2.95. The molecule has 1 aliphatic rings. The molecule has 22 heavy (non-hydrogen) atoms. The molecule has 0 bridgehead atoms. The molecule has 2 atom stereocenters. The second-order valence-corrected chi connectivity index (χ2v) is 7.50. The van der Waals surface area contributed by atoms with Crippen molar-refractivity contribution in [3.05, 3.63) is 48.4 Å². The summed E-state index contributed by atoms with van der Waals surface area (Å²) in [5.74, 6) is -0.0311. The number of aliphatic hydroxyl groups is 1. The van der Waals surface area contributed by atoms with Gasteiger partial charge >= 0.3 is 0 Å². The van der Waals surface area contributed by atoms with Crippen LogP contribution in [-0.4, -0.2) is 46.6 Å². The van der Waals surface area contributed by atoms with Crippen molar-refractivity contribution in [2.24, 2.45) is 7.05 Å². The Kier molecular flexibility index (Phi) is 4.03. The van der Waals surface area contributed by atoms with Crippen LogP contribution in [-0.2, 0) is 17.1 Å². The third-order valence-corrected chi connectivity index (χ3v) is 5.81. The predicted molar refractivity (Wildman–Crippen MR) is 81.8 cm³/mol. The highest BCUT2D eigenvalue weighted by atomic mass is 32.2. The van der Waals surface area contributed by atoms with Crippen molar-refractivity contribution in [3.63, 3.8) is 0 Å². The average molecular weight is 321 g/mol. The number of benzene rings is 1. The fourth-order valence-corrected chi connectivity index (χ4v) is 4.30. The number of β-amino-alcohol motifs (C(OH)–C–C–N with tert-alkyl or cyclic N) is 1. The second kappa shape index (κ2) is 5.83. The number of rotatable bonds is 3. The predicted octanol–water partition coefficient (Wildman–Crippen LogP) is 0.959. The molecule has 0 amide bonds. The summed E-state index contributed by atoms with van der Waals surface area (Å²) in [6, 6.07) is 9.72. The zero-order valence-corrected chi connectivity index (χ0v) is 13.1. The molecule has 3 rings (SSSR count). The maximum Gasteiger partial charge on any atom is 0.262 e. The van der Waals surface area contributed by atoms with Crippen LogP contribution in [0.25, 0.3) is 0 Å². The fourth-order valence-electron chi connectivity index (χ4n) is 2.86. The summed E-state index contributed by atoms with van der Waals surface area (Å²) < 4.78 is 28.0. The van der Waals surface area contributed by atoms with Gasteiger partial charge in [0.1, 0.15) is 0 Å². The summed E-state index contributed by atoms with van der Waals surface area (Å²) in [4.78, 5) is 3.92. The van der Waals surface area contributed by atoms with Crippen LogP contribution in [0.2, 0.25) is 0 Å². The molecule has 0 saturated carbocycles. The highest BCUT2D eigenvalue weighted by Gasteiger charge is 2.36. The smallest absolute Gasteiger partial charge is 0.262 e. The van der Waals surface area contributed by atoms with Crippen molar-refractivity contribution in [2.75, 3.05) is 13.1 Å². The van der Waals surface area contributed by atoms with E-state index in [9.17, 15) is 13.5 Å². The monoisotopic (exact) mass is 321 g/mol. The number of piperidine rings is 1. The summed E-state index contributed by atoms with van der Waals surface area (Å²) in [6.07, 6.45) is 2.82. The van der Waals surface area contributed by atoms with Crippen LogP contribution >= 0.6 is 0 Å². The number of sulfonamides is 1. The number of nitrogens with zero attached hydrogens (tertiary/aromatic N) is 3. The van der Waals surface area contributed by atoms with Crippen LogP contribution in [0, 0.1) is 0 Å². The van der Waals surface area contributed by atoms with Gasteiger partial charge in [0.2, 0.25) is 0 Å². The van der Waals surface area contributed by atoms with Crippen molar-refractivity contribution in [1.82, 2.24) is 13.9 Å². The van der Waals surface area contributed by atoms with Crippen molar-refractivity contribution in [3.8, 4) is 0 Å². The van der Waals surface area contributed by atoms with Gasteiger partial charge in [-0.2, -0.15) is 4.31 Å². The van der Waals surface area contributed by atoms with E-state index in [4.69, 9.17) is 0 Å². The molecular formula is C15H19N3O3S. The van der Waals surface area contributed by atoms with E-state index in [1.165, 1.54) is 16.8 Å². The largest absolute Gasteiger partial charge is 0.391 e. The van der Waals surface area contributed by atoms with E-state index in [0.29, 0.717) is 13.0 Å². The van der Waals surface area contributed by atoms with Gasteiger partial charge in [-0.15, -0.1) is 0 Å². The SMILES string of the molecule is Cn1cnc(S(=O)(=O)N2CC[C@@H](c3ccccc3)[C@H](O)C2)c1. The number of hydrogen-bond donors (Lipinski definition) is 1. The number of hydrogen-bond acceptors (Lipinski definition) is 4. The number of aryl methyl sites for hydroxylation is 1. The molecule has 0 aliphatic carbocycles. The van der Waals surface area contributed by atoms with E-state index in [2.05, 4.69) is 4.98 Å². The van der Waals surface area contributed by atoms with Crippen LogP contribution in [0.4, 0.5) is 0 Å². The minimum Gasteiger partial charge on any atom is -0.391 e. The molecule has 1 aromatic heterocycles. The molecule has 0 radical (unpaired) electrons. The van der Waals surface area contributed by atoms with E-state index in [1.54, 1.807) is 11.6 Å². The molecule has 2 heterocycles. The molecule has 1 aromatic carbocycles. The Labute approximate surface area is 130 Å². The quantitative estimate of drug-likeness (QED) is 0.913. The second-order valence-electron chi connectivity index (χ2n) is 5.61. The first-order valence-electron chi connectivity index (χ1n) is 7.19. The Hall–Kier alpha value is -1.70. The number of aliphatic hydroxyl groups excluding tert-OH is 1. The van der Waals surface area contributed by atoms with Crippen molar-refractivity contribution >= 4 is 10.0 Å². The molecule has 6 nitrogen and oxygen atoms in total. The van der Waals surface area contributed by atoms with Gasteiger partial charge in [-0.3, -0.25) is 0 Å².